The van der Waals surface area contributed by atoms with Crippen LogP contribution in [0.1, 0.15) is 0 Å². The van der Waals surface area contributed by atoms with Crippen molar-refractivity contribution >= 4 is 28.8 Å². The van der Waals surface area contributed by atoms with Gasteiger partial charge in [0.2, 0.25) is 0 Å². The van der Waals surface area contributed by atoms with Crippen LogP contribution < -0.4 is 11.1 Å². The molecule has 4 nitrogen and oxygen atoms in total. The summed E-state index contributed by atoms with van der Waals surface area (Å²) < 4.78 is 0. The van der Waals surface area contributed by atoms with Crippen molar-refractivity contribution in [1.82, 2.24) is 5.32 Å². The van der Waals surface area contributed by atoms with E-state index >= 15 is 0 Å². The Kier molecular flexibility index (Phi) is 2.35. The minimum atomic E-state index is 0.106. The minimum Gasteiger partial charge on any atom is -0.376 e. The lowest BCUT2D eigenvalue weighted by atomic mass is 10.1. The topological polar surface area (TPSA) is 85.8 Å². The van der Waals surface area contributed by atoms with Crippen molar-refractivity contribution in [2.45, 2.75) is 0 Å². The van der Waals surface area contributed by atoms with E-state index in [1.165, 1.54) is 18.2 Å². The average molecular weight is 180 g/mol. The van der Waals surface area contributed by atoms with E-state index in [9.17, 15) is 0 Å². The van der Waals surface area contributed by atoms with E-state index in [4.69, 9.17) is 16.6 Å². The first kappa shape index (κ1) is 8.61. The number of thiocarbonyl (C=S) groups is 1. The summed E-state index contributed by atoms with van der Waals surface area (Å²) in [6.07, 6.45) is 4.55. The van der Waals surface area contributed by atoms with E-state index in [-0.39, 0.29) is 10.8 Å². The standard InChI is InChI=1S/C7H8N4S/c8-4-1-2-5(9)6(3-4)11-7(10)12/h1-3,8-9H,(H3,10,11,12). The molecule has 0 unspecified atom stereocenters. The van der Waals surface area contributed by atoms with Gasteiger partial charge >= 0.3 is 0 Å². The van der Waals surface area contributed by atoms with Crippen LogP contribution in [0.15, 0.2) is 23.9 Å². The third-order valence-corrected chi connectivity index (χ3v) is 1.38. The van der Waals surface area contributed by atoms with Gasteiger partial charge in [-0.2, -0.15) is 0 Å². The summed E-state index contributed by atoms with van der Waals surface area (Å²) in [5.41, 5.74) is 6.29. The predicted molar refractivity (Wildman–Crippen MR) is 52.6 cm³/mol. The monoisotopic (exact) mass is 180 g/mol. The second kappa shape index (κ2) is 3.27. The highest BCUT2D eigenvalue weighted by Gasteiger charge is 2.07. The van der Waals surface area contributed by atoms with E-state index in [0.29, 0.717) is 11.4 Å². The van der Waals surface area contributed by atoms with E-state index in [2.05, 4.69) is 17.5 Å². The first-order valence-electron chi connectivity index (χ1n) is 3.23. The smallest absolute Gasteiger partial charge is 0.168 e. The number of allylic oxidation sites excluding steroid dienone is 3. The van der Waals surface area contributed by atoms with Gasteiger partial charge in [-0.1, -0.05) is 0 Å². The Balaban J connectivity index is 2.81. The van der Waals surface area contributed by atoms with Crippen molar-refractivity contribution < 1.29 is 0 Å². The quantitative estimate of drug-likeness (QED) is 0.346. The van der Waals surface area contributed by atoms with Crippen molar-refractivity contribution in [2.75, 3.05) is 0 Å². The molecule has 62 valence electrons. The SMILES string of the molecule is N=C1C=CC(=N)C(NC(N)=S)=C1. The Morgan fingerprint density at radius 2 is 2.08 bits per heavy atom. The molecule has 0 saturated heterocycles. The summed E-state index contributed by atoms with van der Waals surface area (Å²) in [5.74, 6) is 0. The lowest BCUT2D eigenvalue weighted by Gasteiger charge is -2.10. The van der Waals surface area contributed by atoms with Crippen LogP contribution in [0.25, 0.3) is 0 Å². The molecule has 0 aromatic carbocycles. The second-order valence-corrected chi connectivity index (χ2v) is 2.69. The van der Waals surface area contributed by atoms with Gasteiger partial charge in [-0.25, -0.2) is 0 Å². The van der Waals surface area contributed by atoms with Gasteiger partial charge in [0.1, 0.15) is 0 Å². The zero-order valence-electron chi connectivity index (χ0n) is 6.22. The molecule has 5 N–H and O–H groups in total. The Morgan fingerprint density at radius 1 is 1.42 bits per heavy atom. The molecule has 12 heavy (non-hydrogen) atoms. The normalized spacial score (nSPS) is 15.8. The fourth-order valence-corrected chi connectivity index (χ4v) is 0.890. The molecule has 1 aliphatic rings. The van der Waals surface area contributed by atoms with E-state index < -0.39 is 0 Å². The van der Waals surface area contributed by atoms with Crippen molar-refractivity contribution in [2.24, 2.45) is 5.73 Å². The predicted octanol–water partition coefficient (Wildman–Crippen LogP) is 0.313. The molecule has 0 fully saturated rings. The molecule has 0 atom stereocenters. The van der Waals surface area contributed by atoms with Gasteiger partial charge in [0.25, 0.3) is 0 Å². The molecule has 0 aromatic rings. The van der Waals surface area contributed by atoms with Gasteiger partial charge in [0.15, 0.2) is 5.11 Å². The Labute approximate surface area is 75.2 Å². The molecule has 0 aromatic heterocycles. The average Bonchev–Trinajstić information content (AvgIpc) is 1.96. The van der Waals surface area contributed by atoms with Gasteiger partial charge in [-0.15, -0.1) is 0 Å². The molecule has 0 saturated carbocycles. The fraction of sp³-hybridized carbons (Fsp3) is 0. The number of hydrogen-bond donors (Lipinski definition) is 4. The fourth-order valence-electron chi connectivity index (χ4n) is 0.780. The van der Waals surface area contributed by atoms with Crippen LogP contribution >= 0.6 is 12.2 Å². The maximum absolute atomic E-state index is 7.40. The van der Waals surface area contributed by atoms with Crippen LogP contribution in [0.4, 0.5) is 0 Å². The molecule has 0 spiro atoms. The molecular weight excluding hydrogens is 172 g/mol. The van der Waals surface area contributed by atoms with Crippen LogP contribution in [0, 0.1) is 10.8 Å². The maximum atomic E-state index is 7.40. The summed E-state index contributed by atoms with van der Waals surface area (Å²) in [6.45, 7) is 0. The van der Waals surface area contributed by atoms with Gasteiger partial charge in [-0.05, 0) is 30.4 Å². The summed E-state index contributed by atoms with van der Waals surface area (Å²) in [7, 11) is 0. The van der Waals surface area contributed by atoms with E-state index in [1.54, 1.807) is 0 Å². The molecular formula is C7H8N4S. The first-order chi connectivity index (χ1) is 5.59. The number of rotatable bonds is 1. The minimum absolute atomic E-state index is 0.106. The Bertz CT molecular complexity index is 313. The third-order valence-electron chi connectivity index (χ3n) is 1.28. The lowest BCUT2D eigenvalue weighted by Crippen LogP contribution is -2.32. The highest BCUT2D eigenvalue weighted by molar-refractivity contribution is 7.80. The molecule has 0 heterocycles. The van der Waals surface area contributed by atoms with Crippen molar-refractivity contribution in [1.29, 1.82) is 10.8 Å². The summed E-state index contributed by atoms with van der Waals surface area (Å²) >= 11 is 4.60. The van der Waals surface area contributed by atoms with Gasteiger partial charge in [-0.3, -0.25) is 5.41 Å². The van der Waals surface area contributed by atoms with Gasteiger partial charge < -0.3 is 16.5 Å². The molecule has 0 bridgehead atoms. The molecule has 1 rings (SSSR count). The van der Waals surface area contributed by atoms with Crippen LogP contribution in [-0.2, 0) is 0 Å². The van der Waals surface area contributed by atoms with Crippen LogP contribution in [0.2, 0.25) is 0 Å². The van der Waals surface area contributed by atoms with Crippen molar-refractivity contribution in [3.8, 4) is 0 Å². The third kappa shape index (κ3) is 2.00. The largest absolute Gasteiger partial charge is 0.376 e. The Morgan fingerprint density at radius 3 is 2.67 bits per heavy atom. The zero-order valence-corrected chi connectivity index (χ0v) is 7.03. The van der Waals surface area contributed by atoms with E-state index in [1.807, 2.05) is 0 Å². The maximum Gasteiger partial charge on any atom is 0.168 e. The summed E-state index contributed by atoms with van der Waals surface area (Å²) in [5, 5.41) is 17.4. The van der Waals surface area contributed by atoms with Gasteiger partial charge in [0.05, 0.1) is 17.1 Å². The van der Waals surface area contributed by atoms with Crippen molar-refractivity contribution in [3.63, 3.8) is 0 Å². The Hall–Kier alpha value is -1.49. The number of nitrogens with two attached hydrogens (primary N) is 1. The van der Waals surface area contributed by atoms with Gasteiger partial charge in [0, 0.05) is 0 Å². The first-order valence-corrected chi connectivity index (χ1v) is 3.64. The molecule has 1 aliphatic carbocycles. The second-order valence-electron chi connectivity index (χ2n) is 2.25. The summed E-state index contributed by atoms with van der Waals surface area (Å²) in [6, 6.07) is 0. The molecule has 5 heteroatoms. The molecule has 0 amide bonds. The van der Waals surface area contributed by atoms with Crippen molar-refractivity contribution in [3.05, 3.63) is 23.9 Å². The summed E-state index contributed by atoms with van der Waals surface area (Å²) in [4.78, 5) is 0. The lowest BCUT2D eigenvalue weighted by molar-refractivity contribution is 1.20. The highest BCUT2D eigenvalue weighted by atomic mass is 32.1. The highest BCUT2D eigenvalue weighted by Crippen LogP contribution is 2.01. The molecule has 0 radical (unpaired) electrons. The van der Waals surface area contributed by atoms with E-state index in [0.717, 1.165) is 0 Å². The number of hydrogen-bond acceptors (Lipinski definition) is 3. The van der Waals surface area contributed by atoms with Crippen LogP contribution in [0.5, 0.6) is 0 Å². The zero-order chi connectivity index (χ0) is 9.14. The van der Waals surface area contributed by atoms with Crippen LogP contribution in [-0.4, -0.2) is 16.5 Å². The number of nitrogens with one attached hydrogen (secondary N) is 3. The molecule has 0 aliphatic heterocycles. The van der Waals surface area contributed by atoms with Crippen LogP contribution in [0.3, 0.4) is 0 Å².